The van der Waals surface area contributed by atoms with Crippen LogP contribution in [0.15, 0.2) is 0 Å². The molecule has 0 radical (unpaired) electrons. The van der Waals surface area contributed by atoms with Gasteiger partial charge in [0.25, 0.3) is 0 Å². The highest BCUT2D eigenvalue weighted by molar-refractivity contribution is 8.13. The minimum atomic E-state index is -0.198. The van der Waals surface area contributed by atoms with Crippen molar-refractivity contribution in [1.29, 1.82) is 0 Å². The fourth-order valence-electron chi connectivity index (χ4n) is 0.432. The SMILES string of the molecule is CC(=O)SCCNC(=O)CCl. The predicted octanol–water partition coefficient (Wildman–Crippen LogP) is 0.621. The minimum Gasteiger partial charge on any atom is -0.354 e. The van der Waals surface area contributed by atoms with E-state index in [2.05, 4.69) is 5.32 Å². The van der Waals surface area contributed by atoms with Gasteiger partial charge in [0.05, 0.1) is 0 Å². The molecule has 3 nitrogen and oxygen atoms in total. The van der Waals surface area contributed by atoms with E-state index in [0.717, 1.165) is 0 Å². The summed E-state index contributed by atoms with van der Waals surface area (Å²) in [6.45, 7) is 1.99. The van der Waals surface area contributed by atoms with Gasteiger partial charge in [0, 0.05) is 19.2 Å². The number of hydrogen-bond acceptors (Lipinski definition) is 3. The molecule has 0 saturated carbocycles. The zero-order valence-corrected chi connectivity index (χ0v) is 7.80. The fourth-order valence-corrected chi connectivity index (χ4v) is 1.02. The smallest absolute Gasteiger partial charge is 0.234 e. The van der Waals surface area contributed by atoms with Crippen molar-refractivity contribution in [2.24, 2.45) is 0 Å². The monoisotopic (exact) mass is 195 g/mol. The van der Waals surface area contributed by atoms with Crippen LogP contribution in [0.25, 0.3) is 0 Å². The Morgan fingerprint density at radius 2 is 2.18 bits per heavy atom. The molecule has 0 heterocycles. The summed E-state index contributed by atoms with van der Waals surface area (Å²) in [5.41, 5.74) is 0. The van der Waals surface area contributed by atoms with Crippen molar-refractivity contribution < 1.29 is 9.59 Å². The highest BCUT2D eigenvalue weighted by Crippen LogP contribution is 1.97. The van der Waals surface area contributed by atoms with Gasteiger partial charge in [-0.15, -0.1) is 11.6 Å². The van der Waals surface area contributed by atoms with E-state index in [1.807, 2.05) is 0 Å². The quantitative estimate of drug-likeness (QED) is 0.529. The van der Waals surface area contributed by atoms with Crippen LogP contribution in [-0.4, -0.2) is 29.2 Å². The first-order chi connectivity index (χ1) is 5.16. The summed E-state index contributed by atoms with van der Waals surface area (Å²) >= 11 is 6.39. The summed E-state index contributed by atoms with van der Waals surface area (Å²) in [7, 11) is 0. The van der Waals surface area contributed by atoms with Gasteiger partial charge in [-0.25, -0.2) is 0 Å². The lowest BCUT2D eigenvalue weighted by atomic mass is 10.6. The van der Waals surface area contributed by atoms with Crippen molar-refractivity contribution in [2.75, 3.05) is 18.2 Å². The number of alkyl halides is 1. The maximum absolute atomic E-state index is 10.5. The third kappa shape index (κ3) is 7.68. The highest BCUT2D eigenvalue weighted by atomic mass is 35.5. The molecule has 64 valence electrons. The molecule has 0 bridgehead atoms. The van der Waals surface area contributed by atoms with E-state index in [1.54, 1.807) is 0 Å². The molecule has 0 aromatic heterocycles. The number of nitrogens with one attached hydrogen (secondary N) is 1. The average molecular weight is 196 g/mol. The fraction of sp³-hybridized carbons (Fsp3) is 0.667. The lowest BCUT2D eigenvalue weighted by Crippen LogP contribution is -2.26. The van der Waals surface area contributed by atoms with Crippen LogP contribution < -0.4 is 5.32 Å². The van der Waals surface area contributed by atoms with Gasteiger partial charge in [-0.1, -0.05) is 11.8 Å². The molecule has 1 amide bonds. The topological polar surface area (TPSA) is 46.2 Å². The van der Waals surface area contributed by atoms with E-state index in [-0.39, 0.29) is 16.9 Å². The zero-order valence-electron chi connectivity index (χ0n) is 6.22. The lowest BCUT2D eigenvalue weighted by molar-refractivity contribution is -0.118. The second-order valence-electron chi connectivity index (χ2n) is 1.82. The largest absolute Gasteiger partial charge is 0.354 e. The zero-order chi connectivity index (χ0) is 8.69. The Kier molecular flexibility index (Phi) is 6.36. The van der Waals surface area contributed by atoms with Crippen LogP contribution in [-0.2, 0) is 9.59 Å². The molecular weight excluding hydrogens is 186 g/mol. The molecule has 1 N–H and O–H groups in total. The van der Waals surface area contributed by atoms with Crippen LogP contribution in [0.2, 0.25) is 0 Å². The summed E-state index contributed by atoms with van der Waals surface area (Å²) in [5.74, 6) is 0.388. The van der Waals surface area contributed by atoms with Crippen molar-refractivity contribution >= 4 is 34.4 Å². The number of thioether (sulfide) groups is 1. The molecule has 11 heavy (non-hydrogen) atoms. The Balaban J connectivity index is 3.14. The van der Waals surface area contributed by atoms with Crippen LogP contribution >= 0.6 is 23.4 Å². The Hall–Kier alpha value is -0.220. The van der Waals surface area contributed by atoms with E-state index in [0.29, 0.717) is 12.3 Å². The summed E-state index contributed by atoms with van der Waals surface area (Å²) in [4.78, 5) is 20.9. The maximum Gasteiger partial charge on any atom is 0.234 e. The van der Waals surface area contributed by atoms with Gasteiger partial charge >= 0.3 is 0 Å². The molecule has 0 aliphatic rings. The number of hydrogen-bond donors (Lipinski definition) is 1. The van der Waals surface area contributed by atoms with Gasteiger partial charge in [-0.3, -0.25) is 9.59 Å². The maximum atomic E-state index is 10.5. The van der Waals surface area contributed by atoms with E-state index in [1.165, 1.54) is 18.7 Å². The van der Waals surface area contributed by atoms with Gasteiger partial charge < -0.3 is 5.32 Å². The van der Waals surface area contributed by atoms with Gasteiger partial charge in [0.2, 0.25) is 5.91 Å². The normalized spacial score (nSPS) is 9.27. The van der Waals surface area contributed by atoms with Crippen molar-refractivity contribution in [3.05, 3.63) is 0 Å². The van der Waals surface area contributed by atoms with Crippen LogP contribution in [0, 0.1) is 0 Å². The third-order valence-corrected chi connectivity index (χ3v) is 1.91. The molecule has 0 rings (SSSR count). The van der Waals surface area contributed by atoms with Crippen LogP contribution in [0.1, 0.15) is 6.92 Å². The lowest BCUT2D eigenvalue weighted by Gasteiger charge is -1.99. The molecule has 0 unspecified atom stereocenters. The Morgan fingerprint density at radius 1 is 1.55 bits per heavy atom. The van der Waals surface area contributed by atoms with Crippen molar-refractivity contribution in [1.82, 2.24) is 5.32 Å². The number of halogens is 1. The van der Waals surface area contributed by atoms with Gasteiger partial charge in [-0.05, 0) is 0 Å². The highest BCUT2D eigenvalue weighted by Gasteiger charge is 1.97. The molecule has 0 aliphatic heterocycles. The predicted molar refractivity (Wildman–Crippen MR) is 46.9 cm³/mol. The number of carbonyl (C=O) groups is 2. The first kappa shape index (κ1) is 10.8. The second-order valence-corrected chi connectivity index (χ2v) is 3.36. The van der Waals surface area contributed by atoms with Gasteiger partial charge in [0.1, 0.15) is 5.88 Å². The third-order valence-electron chi connectivity index (χ3n) is 0.851. The number of rotatable bonds is 4. The number of amides is 1. The molecule has 0 spiro atoms. The van der Waals surface area contributed by atoms with E-state index in [9.17, 15) is 9.59 Å². The average Bonchev–Trinajstić information content (AvgIpc) is 1.97. The standard InChI is InChI=1S/C6H10ClNO2S/c1-5(9)11-3-2-8-6(10)4-7/h2-4H2,1H3,(H,8,10). The summed E-state index contributed by atoms with van der Waals surface area (Å²) in [6.07, 6.45) is 0. The Morgan fingerprint density at radius 3 is 2.64 bits per heavy atom. The van der Waals surface area contributed by atoms with Crippen molar-refractivity contribution in [2.45, 2.75) is 6.92 Å². The minimum absolute atomic E-state index is 0.0231. The molecule has 0 atom stereocenters. The summed E-state index contributed by atoms with van der Waals surface area (Å²) in [5, 5.41) is 2.60. The molecule has 5 heteroatoms. The molecular formula is C6H10ClNO2S. The van der Waals surface area contributed by atoms with E-state index in [4.69, 9.17) is 11.6 Å². The van der Waals surface area contributed by atoms with Crippen molar-refractivity contribution in [3.8, 4) is 0 Å². The molecule has 0 saturated heterocycles. The molecule has 0 aliphatic carbocycles. The van der Waals surface area contributed by atoms with Gasteiger partial charge in [-0.2, -0.15) is 0 Å². The molecule has 0 fully saturated rings. The summed E-state index contributed by atoms with van der Waals surface area (Å²) in [6, 6.07) is 0. The van der Waals surface area contributed by atoms with E-state index >= 15 is 0 Å². The van der Waals surface area contributed by atoms with E-state index < -0.39 is 0 Å². The Labute approximate surface area is 74.9 Å². The second kappa shape index (κ2) is 6.49. The van der Waals surface area contributed by atoms with Crippen molar-refractivity contribution in [3.63, 3.8) is 0 Å². The van der Waals surface area contributed by atoms with Crippen LogP contribution in [0.5, 0.6) is 0 Å². The number of carbonyl (C=O) groups excluding carboxylic acids is 2. The first-order valence-corrected chi connectivity index (χ1v) is 4.65. The van der Waals surface area contributed by atoms with Gasteiger partial charge in [0.15, 0.2) is 5.12 Å². The van der Waals surface area contributed by atoms with Crippen LogP contribution in [0.3, 0.4) is 0 Å². The first-order valence-electron chi connectivity index (χ1n) is 3.13. The molecule has 0 aromatic rings. The summed E-state index contributed by atoms with van der Waals surface area (Å²) < 4.78 is 0. The van der Waals surface area contributed by atoms with Crippen LogP contribution in [0.4, 0.5) is 0 Å². The Bertz CT molecular complexity index is 152. The molecule has 0 aromatic carbocycles.